The minimum atomic E-state index is -4.01. The molecule has 0 bridgehead atoms. The maximum absolute atomic E-state index is 13.7. The van der Waals surface area contributed by atoms with Crippen molar-refractivity contribution in [3.05, 3.63) is 35.7 Å². The van der Waals surface area contributed by atoms with Crippen LogP contribution in [0.25, 0.3) is 5.57 Å². The molecule has 3 heterocycles. The van der Waals surface area contributed by atoms with Crippen LogP contribution >= 0.6 is 0 Å². The maximum atomic E-state index is 13.7. The van der Waals surface area contributed by atoms with Crippen molar-refractivity contribution < 1.29 is 31.5 Å². The van der Waals surface area contributed by atoms with Crippen molar-refractivity contribution in [1.29, 1.82) is 0 Å². The van der Waals surface area contributed by atoms with Crippen molar-refractivity contribution >= 4 is 21.6 Å². The first-order chi connectivity index (χ1) is 15.7. The summed E-state index contributed by atoms with van der Waals surface area (Å²) in [6.45, 7) is 6.72. The van der Waals surface area contributed by atoms with Gasteiger partial charge in [0.05, 0.1) is 5.69 Å². The number of aromatic nitrogens is 1. The summed E-state index contributed by atoms with van der Waals surface area (Å²) in [5.41, 5.74) is 1.50. The predicted octanol–water partition coefficient (Wildman–Crippen LogP) is 3.98. The van der Waals surface area contributed by atoms with E-state index in [2.05, 4.69) is 4.98 Å². The fraction of sp³-hybridized carbons (Fsp3) is 0.667. The molecular weight excluding hydrogens is 466 g/mol. The van der Waals surface area contributed by atoms with Gasteiger partial charge in [-0.2, -0.15) is 4.31 Å². The third kappa shape index (κ3) is 6.20. The first-order valence-corrected chi connectivity index (χ1v) is 13.0. The molecule has 7 nitrogen and oxygen atoms in total. The Balaban J connectivity index is 1.75. The SMILES string of the molecule is CC(F)(F)CCc1ccc(C2=CCN(S(=O)(=O)C3(C(=O)OC(C)(C)C)CCOCC3)CC2)nc1. The topological polar surface area (TPSA) is 85.8 Å². The van der Waals surface area contributed by atoms with E-state index >= 15 is 0 Å². The standard InChI is InChI=1S/C24H34F2N2O5S/c1-22(2,3)33-21(29)24(11-15-32-16-12-24)34(30,31)28-13-8-19(9-14-28)20-6-5-18(17-27-20)7-10-23(4,25)26/h5-6,8,17H,7,9-16H2,1-4H3. The van der Waals surface area contributed by atoms with Crippen LogP contribution in [0.15, 0.2) is 24.4 Å². The number of sulfonamides is 1. The Morgan fingerprint density at radius 2 is 1.88 bits per heavy atom. The van der Waals surface area contributed by atoms with E-state index in [0.717, 1.165) is 18.1 Å². The third-order valence-electron chi connectivity index (χ3n) is 6.08. The molecular formula is C24H34F2N2O5S. The number of carbonyl (C=O) groups excluding carboxylic acids is 1. The van der Waals surface area contributed by atoms with Gasteiger partial charge in [-0.05, 0) is 57.7 Å². The molecule has 0 amide bonds. The summed E-state index contributed by atoms with van der Waals surface area (Å²) in [5, 5.41) is 0. The summed E-state index contributed by atoms with van der Waals surface area (Å²) >= 11 is 0. The van der Waals surface area contributed by atoms with Gasteiger partial charge in [0.2, 0.25) is 15.9 Å². The maximum Gasteiger partial charge on any atom is 0.329 e. The number of pyridine rings is 1. The van der Waals surface area contributed by atoms with Crippen molar-refractivity contribution in [1.82, 2.24) is 9.29 Å². The lowest BCUT2D eigenvalue weighted by Crippen LogP contribution is -2.58. The molecule has 0 N–H and O–H groups in total. The summed E-state index contributed by atoms with van der Waals surface area (Å²) in [5.74, 6) is -3.45. The highest BCUT2D eigenvalue weighted by atomic mass is 32.2. The minimum absolute atomic E-state index is 0.0527. The van der Waals surface area contributed by atoms with Gasteiger partial charge in [0.25, 0.3) is 0 Å². The van der Waals surface area contributed by atoms with Crippen LogP contribution in [-0.2, 0) is 30.7 Å². The van der Waals surface area contributed by atoms with Gasteiger partial charge in [-0.15, -0.1) is 0 Å². The highest BCUT2D eigenvalue weighted by molar-refractivity contribution is 7.91. The number of esters is 1. The molecule has 1 aromatic rings. The van der Waals surface area contributed by atoms with E-state index in [4.69, 9.17) is 9.47 Å². The lowest BCUT2D eigenvalue weighted by molar-refractivity contribution is -0.161. The highest BCUT2D eigenvalue weighted by Crippen LogP contribution is 2.37. The van der Waals surface area contributed by atoms with Crippen LogP contribution in [-0.4, -0.2) is 66.3 Å². The second-order valence-electron chi connectivity index (χ2n) is 10.1. The van der Waals surface area contributed by atoms with Crippen molar-refractivity contribution in [2.24, 2.45) is 0 Å². The van der Waals surface area contributed by atoms with E-state index in [-0.39, 0.29) is 52.0 Å². The van der Waals surface area contributed by atoms with Crippen LogP contribution in [0.2, 0.25) is 0 Å². The van der Waals surface area contributed by atoms with Crippen molar-refractivity contribution in [3.63, 3.8) is 0 Å². The van der Waals surface area contributed by atoms with E-state index in [1.807, 2.05) is 0 Å². The molecule has 0 aromatic carbocycles. The van der Waals surface area contributed by atoms with Crippen LogP contribution in [0, 0.1) is 0 Å². The van der Waals surface area contributed by atoms with E-state index < -0.39 is 32.3 Å². The third-order valence-corrected chi connectivity index (χ3v) is 8.66. The Morgan fingerprint density at radius 1 is 1.21 bits per heavy atom. The molecule has 1 fully saturated rings. The molecule has 0 atom stereocenters. The van der Waals surface area contributed by atoms with Gasteiger partial charge < -0.3 is 9.47 Å². The first kappa shape index (κ1) is 26.7. The van der Waals surface area contributed by atoms with Crippen LogP contribution < -0.4 is 0 Å². The average Bonchev–Trinajstić information content (AvgIpc) is 2.77. The summed E-state index contributed by atoms with van der Waals surface area (Å²) in [6.07, 6.45) is 3.91. The molecule has 0 spiro atoms. The van der Waals surface area contributed by atoms with E-state index in [0.29, 0.717) is 12.1 Å². The quantitative estimate of drug-likeness (QED) is 0.527. The van der Waals surface area contributed by atoms with Gasteiger partial charge >= 0.3 is 5.97 Å². The Morgan fingerprint density at radius 3 is 2.38 bits per heavy atom. The normalized spacial score (nSPS) is 20.0. The van der Waals surface area contributed by atoms with Crippen LogP contribution in [0.1, 0.15) is 64.6 Å². The zero-order valence-corrected chi connectivity index (χ0v) is 21.1. The molecule has 190 valence electrons. The monoisotopic (exact) mass is 500 g/mol. The molecule has 3 rings (SSSR count). The van der Waals surface area contributed by atoms with Gasteiger partial charge in [0, 0.05) is 51.8 Å². The molecule has 0 saturated carbocycles. The van der Waals surface area contributed by atoms with Crippen LogP contribution in [0.3, 0.4) is 0 Å². The van der Waals surface area contributed by atoms with Crippen molar-refractivity contribution in [2.45, 2.75) is 76.1 Å². The smallest absolute Gasteiger partial charge is 0.329 e. The Labute approximate surface area is 200 Å². The average molecular weight is 501 g/mol. The van der Waals surface area contributed by atoms with E-state index in [1.165, 1.54) is 4.31 Å². The second-order valence-corrected chi connectivity index (χ2v) is 12.3. The number of carbonyl (C=O) groups is 1. The van der Waals surface area contributed by atoms with Crippen LogP contribution in [0.4, 0.5) is 8.78 Å². The van der Waals surface area contributed by atoms with Crippen molar-refractivity contribution in [2.75, 3.05) is 26.3 Å². The Hall–Kier alpha value is -1.91. The minimum Gasteiger partial charge on any atom is -0.459 e. The molecule has 34 heavy (non-hydrogen) atoms. The molecule has 2 aliphatic heterocycles. The highest BCUT2D eigenvalue weighted by Gasteiger charge is 2.56. The number of ether oxygens (including phenoxy) is 2. The van der Waals surface area contributed by atoms with Gasteiger partial charge in [-0.3, -0.25) is 9.78 Å². The van der Waals surface area contributed by atoms with Gasteiger partial charge in [0.1, 0.15) is 5.60 Å². The molecule has 0 unspecified atom stereocenters. The summed E-state index contributed by atoms with van der Waals surface area (Å²) < 4.78 is 64.1. The summed E-state index contributed by atoms with van der Waals surface area (Å²) in [4.78, 5) is 17.5. The van der Waals surface area contributed by atoms with Crippen molar-refractivity contribution in [3.8, 4) is 0 Å². The second kappa shape index (κ2) is 9.99. The molecule has 0 radical (unpaired) electrons. The number of rotatable bonds is 7. The van der Waals surface area contributed by atoms with E-state index in [1.54, 1.807) is 45.2 Å². The first-order valence-electron chi connectivity index (χ1n) is 11.6. The molecule has 1 aromatic heterocycles. The zero-order chi connectivity index (χ0) is 25.2. The summed E-state index contributed by atoms with van der Waals surface area (Å²) in [6, 6.07) is 3.55. The van der Waals surface area contributed by atoms with Gasteiger partial charge in [0.15, 0.2) is 4.75 Å². The Bertz CT molecular complexity index is 1010. The lowest BCUT2D eigenvalue weighted by Gasteiger charge is -2.40. The number of alkyl halides is 2. The predicted molar refractivity (Wildman–Crippen MR) is 125 cm³/mol. The van der Waals surface area contributed by atoms with Gasteiger partial charge in [-0.25, -0.2) is 17.2 Å². The lowest BCUT2D eigenvalue weighted by atomic mass is 9.99. The largest absolute Gasteiger partial charge is 0.459 e. The zero-order valence-electron chi connectivity index (χ0n) is 20.3. The molecule has 10 heteroatoms. The fourth-order valence-electron chi connectivity index (χ4n) is 4.11. The summed E-state index contributed by atoms with van der Waals surface area (Å²) in [7, 11) is -4.01. The van der Waals surface area contributed by atoms with Gasteiger partial charge in [-0.1, -0.05) is 12.1 Å². The number of halogens is 2. The van der Waals surface area contributed by atoms with Crippen LogP contribution in [0.5, 0.6) is 0 Å². The molecule has 0 aliphatic carbocycles. The number of nitrogens with zero attached hydrogens (tertiary/aromatic N) is 2. The number of hydrogen-bond acceptors (Lipinski definition) is 6. The molecule has 2 aliphatic rings. The van der Waals surface area contributed by atoms with E-state index in [9.17, 15) is 22.0 Å². The fourth-order valence-corrected chi connectivity index (χ4v) is 6.15. The number of hydrogen-bond donors (Lipinski definition) is 0. The molecule has 1 saturated heterocycles. The number of aryl methyl sites for hydroxylation is 1. The Kier molecular flexibility index (Phi) is 7.84.